The third-order valence-electron chi connectivity index (χ3n) is 3.29. The lowest BCUT2D eigenvalue weighted by molar-refractivity contribution is -0.129. The number of ether oxygens (including phenoxy) is 1. The van der Waals surface area contributed by atoms with Crippen LogP contribution < -0.4 is 11.1 Å². The standard InChI is InChI=1S/C15H25N3O3/c1-6-10(4)17-14(19)11(5)21-15(20)13-7-12(16)8-18(13)9(2)3/h7-11H,6,16H2,1-5H3,(H,17,19). The van der Waals surface area contributed by atoms with Crippen LogP contribution in [-0.2, 0) is 9.53 Å². The average Bonchev–Trinajstić information content (AvgIpc) is 2.80. The molecule has 6 heteroatoms. The molecule has 0 fully saturated rings. The molecule has 1 aromatic heterocycles. The van der Waals surface area contributed by atoms with Crippen molar-refractivity contribution >= 4 is 17.6 Å². The Balaban J connectivity index is 2.75. The molecular formula is C15H25N3O3. The van der Waals surface area contributed by atoms with E-state index in [1.165, 1.54) is 0 Å². The first-order valence-electron chi connectivity index (χ1n) is 7.24. The molecular weight excluding hydrogens is 270 g/mol. The predicted octanol–water partition coefficient (Wildman–Crippen LogP) is 2.11. The Hall–Kier alpha value is -1.98. The summed E-state index contributed by atoms with van der Waals surface area (Å²) < 4.78 is 6.95. The summed E-state index contributed by atoms with van der Waals surface area (Å²) in [5.41, 5.74) is 6.57. The molecule has 118 valence electrons. The number of nitrogen functional groups attached to an aromatic ring is 1. The third kappa shape index (κ3) is 4.51. The first-order chi connectivity index (χ1) is 9.76. The molecule has 1 aromatic rings. The zero-order valence-electron chi connectivity index (χ0n) is 13.3. The molecule has 1 rings (SSSR count). The molecule has 0 aliphatic carbocycles. The lowest BCUT2D eigenvalue weighted by atomic mass is 10.2. The number of hydrogen-bond donors (Lipinski definition) is 2. The van der Waals surface area contributed by atoms with Gasteiger partial charge in [0, 0.05) is 18.3 Å². The number of rotatable bonds is 6. The van der Waals surface area contributed by atoms with Gasteiger partial charge in [0.15, 0.2) is 6.10 Å². The molecule has 6 nitrogen and oxygen atoms in total. The minimum atomic E-state index is -0.844. The first-order valence-corrected chi connectivity index (χ1v) is 7.24. The number of carbonyl (C=O) groups excluding carboxylic acids is 2. The molecule has 0 spiro atoms. The second-order valence-corrected chi connectivity index (χ2v) is 5.53. The number of carbonyl (C=O) groups is 2. The van der Waals surface area contributed by atoms with Gasteiger partial charge in [0.1, 0.15) is 5.69 Å². The SMILES string of the molecule is CCC(C)NC(=O)C(C)OC(=O)c1cc(N)cn1C(C)C. The molecule has 0 saturated heterocycles. The molecule has 0 bridgehead atoms. The van der Waals surface area contributed by atoms with Gasteiger partial charge < -0.3 is 20.4 Å². The smallest absolute Gasteiger partial charge is 0.355 e. The van der Waals surface area contributed by atoms with Crippen LogP contribution in [0.3, 0.4) is 0 Å². The Kier molecular flexibility index (Phi) is 5.81. The average molecular weight is 295 g/mol. The first kappa shape index (κ1) is 17.1. The van der Waals surface area contributed by atoms with Crippen LogP contribution in [0.1, 0.15) is 57.6 Å². The van der Waals surface area contributed by atoms with Crippen molar-refractivity contribution in [2.75, 3.05) is 5.73 Å². The van der Waals surface area contributed by atoms with Gasteiger partial charge in [-0.2, -0.15) is 0 Å². The fourth-order valence-electron chi connectivity index (χ4n) is 1.83. The van der Waals surface area contributed by atoms with Crippen LogP contribution in [0.4, 0.5) is 5.69 Å². The summed E-state index contributed by atoms with van der Waals surface area (Å²) in [5, 5.41) is 2.78. The van der Waals surface area contributed by atoms with Crippen LogP contribution >= 0.6 is 0 Å². The molecule has 0 aromatic carbocycles. The van der Waals surface area contributed by atoms with Crippen molar-refractivity contribution in [3.8, 4) is 0 Å². The second-order valence-electron chi connectivity index (χ2n) is 5.53. The number of amides is 1. The summed E-state index contributed by atoms with van der Waals surface area (Å²) in [6.45, 7) is 9.31. The van der Waals surface area contributed by atoms with Crippen LogP contribution in [0.2, 0.25) is 0 Å². The van der Waals surface area contributed by atoms with Gasteiger partial charge in [-0.1, -0.05) is 6.92 Å². The minimum absolute atomic E-state index is 0.0498. The monoisotopic (exact) mass is 295 g/mol. The Morgan fingerprint density at radius 1 is 1.33 bits per heavy atom. The highest BCUT2D eigenvalue weighted by atomic mass is 16.5. The maximum absolute atomic E-state index is 12.2. The fraction of sp³-hybridized carbons (Fsp3) is 0.600. The van der Waals surface area contributed by atoms with Crippen LogP contribution in [0, 0.1) is 0 Å². The summed E-state index contributed by atoms with van der Waals surface area (Å²) in [6.07, 6.45) is 1.66. The molecule has 21 heavy (non-hydrogen) atoms. The van der Waals surface area contributed by atoms with Gasteiger partial charge in [-0.3, -0.25) is 4.79 Å². The molecule has 0 aliphatic heterocycles. The maximum atomic E-state index is 12.2. The third-order valence-corrected chi connectivity index (χ3v) is 3.29. The normalized spacial score (nSPS) is 13.8. The summed E-state index contributed by atoms with van der Waals surface area (Å²) in [7, 11) is 0. The van der Waals surface area contributed by atoms with Crippen LogP contribution in [-0.4, -0.2) is 28.6 Å². The number of nitrogens with one attached hydrogen (secondary N) is 1. The van der Waals surface area contributed by atoms with Crippen LogP contribution in [0.25, 0.3) is 0 Å². The van der Waals surface area contributed by atoms with E-state index in [4.69, 9.17) is 10.5 Å². The number of esters is 1. The lowest BCUT2D eigenvalue weighted by Crippen LogP contribution is -2.40. The van der Waals surface area contributed by atoms with E-state index < -0.39 is 12.1 Å². The van der Waals surface area contributed by atoms with E-state index >= 15 is 0 Å². The number of nitrogens with zero attached hydrogens (tertiary/aromatic N) is 1. The highest BCUT2D eigenvalue weighted by Gasteiger charge is 2.22. The highest BCUT2D eigenvalue weighted by Crippen LogP contribution is 2.18. The van der Waals surface area contributed by atoms with E-state index in [0.717, 1.165) is 6.42 Å². The van der Waals surface area contributed by atoms with E-state index in [1.54, 1.807) is 23.8 Å². The van der Waals surface area contributed by atoms with Crippen molar-refractivity contribution in [2.45, 2.75) is 59.2 Å². The molecule has 2 atom stereocenters. The van der Waals surface area contributed by atoms with Crippen molar-refractivity contribution in [1.29, 1.82) is 0 Å². The van der Waals surface area contributed by atoms with Gasteiger partial charge in [0.25, 0.3) is 5.91 Å². The molecule has 0 aliphatic rings. The van der Waals surface area contributed by atoms with Crippen molar-refractivity contribution in [1.82, 2.24) is 9.88 Å². The van der Waals surface area contributed by atoms with Crippen molar-refractivity contribution in [2.24, 2.45) is 0 Å². The Bertz CT molecular complexity index is 508. The van der Waals surface area contributed by atoms with Gasteiger partial charge in [-0.05, 0) is 40.2 Å². The van der Waals surface area contributed by atoms with Gasteiger partial charge in [0.05, 0.1) is 5.69 Å². The van der Waals surface area contributed by atoms with Gasteiger partial charge >= 0.3 is 5.97 Å². The van der Waals surface area contributed by atoms with Crippen molar-refractivity contribution < 1.29 is 14.3 Å². The van der Waals surface area contributed by atoms with E-state index in [0.29, 0.717) is 11.4 Å². The fourth-order valence-corrected chi connectivity index (χ4v) is 1.83. The van der Waals surface area contributed by atoms with Crippen molar-refractivity contribution in [3.05, 3.63) is 18.0 Å². The predicted molar refractivity (Wildman–Crippen MR) is 82.0 cm³/mol. The van der Waals surface area contributed by atoms with Gasteiger partial charge in [-0.25, -0.2) is 4.79 Å². The molecule has 0 saturated carbocycles. The van der Waals surface area contributed by atoms with E-state index in [-0.39, 0.29) is 18.0 Å². The van der Waals surface area contributed by atoms with E-state index in [1.807, 2.05) is 27.7 Å². The molecule has 1 heterocycles. The van der Waals surface area contributed by atoms with Crippen LogP contribution in [0.5, 0.6) is 0 Å². The lowest BCUT2D eigenvalue weighted by Gasteiger charge is -2.18. The van der Waals surface area contributed by atoms with Gasteiger partial charge in [-0.15, -0.1) is 0 Å². The largest absolute Gasteiger partial charge is 0.448 e. The summed E-state index contributed by atoms with van der Waals surface area (Å²) in [5.74, 6) is -0.847. The minimum Gasteiger partial charge on any atom is -0.448 e. The number of nitrogens with two attached hydrogens (primary N) is 1. The summed E-state index contributed by atoms with van der Waals surface area (Å²) in [4.78, 5) is 24.1. The highest BCUT2D eigenvalue weighted by molar-refractivity contribution is 5.92. The number of hydrogen-bond acceptors (Lipinski definition) is 4. The zero-order valence-corrected chi connectivity index (χ0v) is 13.3. The number of aromatic nitrogens is 1. The van der Waals surface area contributed by atoms with Crippen LogP contribution in [0.15, 0.2) is 12.3 Å². The second kappa shape index (κ2) is 7.15. The quantitative estimate of drug-likeness (QED) is 0.787. The maximum Gasteiger partial charge on any atom is 0.355 e. The Morgan fingerprint density at radius 3 is 2.48 bits per heavy atom. The summed E-state index contributed by atoms with van der Waals surface area (Å²) in [6, 6.07) is 1.68. The van der Waals surface area contributed by atoms with Gasteiger partial charge in [0.2, 0.25) is 0 Å². The summed E-state index contributed by atoms with van der Waals surface area (Å²) >= 11 is 0. The molecule has 0 radical (unpaired) electrons. The zero-order chi connectivity index (χ0) is 16.2. The van der Waals surface area contributed by atoms with E-state index in [9.17, 15) is 9.59 Å². The van der Waals surface area contributed by atoms with E-state index in [2.05, 4.69) is 5.32 Å². The Morgan fingerprint density at radius 2 is 1.95 bits per heavy atom. The topological polar surface area (TPSA) is 86.3 Å². The molecule has 1 amide bonds. The molecule has 3 N–H and O–H groups in total. The molecule has 2 unspecified atom stereocenters. The van der Waals surface area contributed by atoms with Crippen molar-refractivity contribution in [3.63, 3.8) is 0 Å². The Labute approximate surface area is 125 Å². The number of anilines is 1.